The summed E-state index contributed by atoms with van der Waals surface area (Å²) in [7, 11) is 0. The van der Waals surface area contributed by atoms with E-state index in [9.17, 15) is 4.79 Å². The molecule has 1 saturated heterocycles. The van der Waals surface area contributed by atoms with Gasteiger partial charge in [-0.3, -0.25) is 4.79 Å². The van der Waals surface area contributed by atoms with Crippen molar-refractivity contribution in [3.63, 3.8) is 0 Å². The van der Waals surface area contributed by atoms with E-state index < -0.39 is 0 Å². The van der Waals surface area contributed by atoms with Gasteiger partial charge in [-0.05, 0) is 43.0 Å². The van der Waals surface area contributed by atoms with Crippen molar-refractivity contribution in [3.8, 4) is 0 Å². The van der Waals surface area contributed by atoms with E-state index in [1.54, 1.807) is 12.1 Å². The van der Waals surface area contributed by atoms with Gasteiger partial charge in [0, 0.05) is 25.2 Å². The van der Waals surface area contributed by atoms with E-state index in [4.69, 9.17) is 9.15 Å². The van der Waals surface area contributed by atoms with Crippen LogP contribution in [-0.4, -0.2) is 25.7 Å². The maximum Gasteiger partial charge on any atom is 0.287 e. The molecule has 0 spiro atoms. The van der Waals surface area contributed by atoms with Crippen LogP contribution in [0.3, 0.4) is 0 Å². The van der Waals surface area contributed by atoms with Gasteiger partial charge in [-0.2, -0.15) is 0 Å². The summed E-state index contributed by atoms with van der Waals surface area (Å²) in [6.45, 7) is 4.18. The van der Waals surface area contributed by atoms with Crippen LogP contribution < -0.4 is 5.32 Å². The van der Waals surface area contributed by atoms with Crippen molar-refractivity contribution in [3.05, 3.63) is 59.5 Å². The van der Waals surface area contributed by atoms with Crippen molar-refractivity contribution in [2.45, 2.75) is 25.2 Å². The van der Waals surface area contributed by atoms with Crippen molar-refractivity contribution in [1.29, 1.82) is 0 Å². The zero-order valence-corrected chi connectivity index (χ0v) is 12.8. The Kier molecular flexibility index (Phi) is 4.29. The molecule has 0 saturated carbocycles. The number of nitrogens with one attached hydrogen (secondary N) is 1. The highest BCUT2D eigenvalue weighted by Crippen LogP contribution is 2.36. The van der Waals surface area contributed by atoms with E-state index in [1.165, 1.54) is 17.4 Å². The summed E-state index contributed by atoms with van der Waals surface area (Å²) in [5, 5.41) is 3.03. The molecule has 0 atom stereocenters. The van der Waals surface area contributed by atoms with Crippen LogP contribution in [-0.2, 0) is 10.2 Å². The molecule has 1 aliphatic rings. The van der Waals surface area contributed by atoms with Gasteiger partial charge in [0.25, 0.3) is 5.91 Å². The molecule has 1 amide bonds. The minimum atomic E-state index is -0.163. The number of aryl methyl sites for hydroxylation is 1. The molecule has 1 aromatic heterocycles. The first-order valence-electron chi connectivity index (χ1n) is 7.67. The van der Waals surface area contributed by atoms with E-state index >= 15 is 0 Å². The fourth-order valence-electron chi connectivity index (χ4n) is 3.22. The molecule has 0 unspecified atom stereocenters. The first kappa shape index (κ1) is 14.9. The molecule has 1 N–H and O–H groups in total. The topological polar surface area (TPSA) is 51.5 Å². The average molecular weight is 299 g/mol. The molecule has 0 aliphatic carbocycles. The van der Waals surface area contributed by atoms with Crippen molar-refractivity contribution in [2.75, 3.05) is 19.8 Å². The molecule has 0 bridgehead atoms. The largest absolute Gasteiger partial charge is 0.459 e. The summed E-state index contributed by atoms with van der Waals surface area (Å²) < 4.78 is 10.7. The van der Waals surface area contributed by atoms with Gasteiger partial charge >= 0.3 is 0 Å². The lowest BCUT2D eigenvalue weighted by atomic mass is 9.72. The Morgan fingerprint density at radius 1 is 1.18 bits per heavy atom. The molecule has 0 radical (unpaired) electrons. The van der Waals surface area contributed by atoms with Gasteiger partial charge in [0.05, 0.1) is 6.26 Å². The SMILES string of the molecule is Cc1ccccc1C1(CNC(=O)c2ccco2)CCOCC1. The average Bonchev–Trinajstić information content (AvgIpc) is 3.08. The highest BCUT2D eigenvalue weighted by atomic mass is 16.5. The number of rotatable bonds is 4. The molecule has 4 nitrogen and oxygen atoms in total. The number of furan rings is 1. The van der Waals surface area contributed by atoms with Gasteiger partial charge in [-0.15, -0.1) is 0 Å². The summed E-state index contributed by atoms with van der Waals surface area (Å²) in [5.74, 6) is 0.191. The van der Waals surface area contributed by atoms with E-state index in [0.29, 0.717) is 12.3 Å². The van der Waals surface area contributed by atoms with Crippen LogP contribution in [0.4, 0.5) is 0 Å². The smallest absolute Gasteiger partial charge is 0.287 e. The lowest BCUT2D eigenvalue weighted by Gasteiger charge is -2.38. The zero-order chi connectivity index (χ0) is 15.4. The van der Waals surface area contributed by atoms with Crippen molar-refractivity contribution >= 4 is 5.91 Å². The highest BCUT2D eigenvalue weighted by molar-refractivity contribution is 5.91. The van der Waals surface area contributed by atoms with Gasteiger partial charge in [0.2, 0.25) is 0 Å². The van der Waals surface area contributed by atoms with Crippen molar-refractivity contribution in [2.24, 2.45) is 0 Å². The van der Waals surface area contributed by atoms with Gasteiger partial charge in [0.1, 0.15) is 0 Å². The van der Waals surface area contributed by atoms with Crippen molar-refractivity contribution < 1.29 is 13.9 Å². The van der Waals surface area contributed by atoms with Gasteiger partial charge in [-0.25, -0.2) is 0 Å². The van der Waals surface area contributed by atoms with Crippen molar-refractivity contribution in [1.82, 2.24) is 5.32 Å². The number of benzene rings is 1. The standard InChI is InChI=1S/C18H21NO3/c1-14-5-2-3-6-15(14)18(8-11-21-12-9-18)13-19-17(20)16-7-4-10-22-16/h2-7,10H,8-9,11-13H2,1H3,(H,19,20). The fraction of sp³-hybridized carbons (Fsp3) is 0.389. The molecule has 3 rings (SSSR count). The molecule has 4 heteroatoms. The summed E-state index contributed by atoms with van der Waals surface area (Å²) >= 11 is 0. The third kappa shape index (κ3) is 2.92. The maximum absolute atomic E-state index is 12.2. The molecule has 2 aromatic rings. The number of ether oxygens (including phenoxy) is 1. The van der Waals surface area contributed by atoms with E-state index in [0.717, 1.165) is 26.1 Å². The molecular weight excluding hydrogens is 278 g/mol. The third-order valence-electron chi connectivity index (χ3n) is 4.50. The summed E-state index contributed by atoms with van der Waals surface area (Å²) in [6, 6.07) is 11.8. The predicted octanol–water partition coefficient (Wildman–Crippen LogP) is 3.07. The molecular formula is C18H21NO3. The van der Waals surface area contributed by atoms with Crippen LogP contribution in [0.15, 0.2) is 47.1 Å². The van der Waals surface area contributed by atoms with Crippen LogP contribution in [0.5, 0.6) is 0 Å². The minimum absolute atomic E-state index is 0.0636. The van der Waals surface area contributed by atoms with Crippen LogP contribution in [0.25, 0.3) is 0 Å². The summed E-state index contributed by atoms with van der Waals surface area (Å²) in [5.41, 5.74) is 2.50. The van der Waals surface area contributed by atoms with Gasteiger partial charge in [0.15, 0.2) is 5.76 Å². The number of amides is 1. The van der Waals surface area contributed by atoms with Crippen LogP contribution >= 0.6 is 0 Å². The Bertz CT molecular complexity index is 628. The Morgan fingerprint density at radius 2 is 1.95 bits per heavy atom. The molecule has 22 heavy (non-hydrogen) atoms. The lowest BCUT2D eigenvalue weighted by Crippen LogP contribution is -2.45. The molecule has 1 fully saturated rings. The number of hydrogen-bond donors (Lipinski definition) is 1. The Morgan fingerprint density at radius 3 is 2.64 bits per heavy atom. The first-order chi connectivity index (χ1) is 10.7. The first-order valence-corrected chi connectivity index (χ1v) is 7.67. The number of carbonyl (C=O) groups is 1. The minimum Gasteiger partial charge on any atom is -0.459 e. The summed E-state index contributed by atoms with van der Waals surface area (Å²) in [4.78, 5) is 12.2. The quantitative estimate of drug-likeness (QED) is 0.944. The van der Waals surface area contributed by atoms with Crippen LogP contribution in [0.1, 0.15) is 34.5 Å². The Labute approximate surface area is 130 Å². The normalized spacial score (nSPS) is 17.1. The van der Waals surface area contributed by atoms with E-state index in [1.807, 2.05) is 6.07 Å². The molecule has 1 aromatic carbocycles. The Hall–Kier alpha value is -2.07. The number of hydrogen-bond acceptors (Lipinski definition) is 3. The summed E-state index contributed by atoms with van der Waals surface area (Å²) in [6.07, 6.45) is 3.34. The monoisotopic (exact) mass is 299 g/mol. The fourth-order valence-corrected chi connectivity index (χ4v) is 3.22. The van der Waals surface area contributed by atoms with Gasteiger partial charge in [-0.1, -0.05) is 24.3 Å². The molecule has 2 heterocycles. The number of carbonyl (C=O) groups excluding carboxylic acids is 1. The van der Waals surface area contributed by atoms with Gasteiger partial charge < -0.3 is 14.5 Å². The van der Waals surface area contributed by atoms with E-state index in [2.05, 4.69) is 30.4 Å². The molecule has 116 valence electrons. The van der Waals surface area contributed by atoms with E-state index in [-0.39, 0.29) is 11.3 Å². The second-order valence-electron chi connectivity index (χ2n) is 5.87. The second-order valence-corrected chi connectivity index (χ2v) is 5.87. The molecule has 1 aliphatic heterocycles. The highest BCUT2D eigenvalue weighted by Gasteiger charge is 2.36. The lowest BCUT2D eigenvalue weighted by molar-refractivity contribution is 0.0482. The zero-order valence-electron chi connectivity index (χ0n) is 12.8. The van der Waals surface area contributed by atoms with Crippen LogP contribution in [0, 0.1) is 6.92 Å². The maximum atomic E-state index is 12.2. The predicted molar refractivity (Wildman–Crippen MR) is 84.0 cm³/mol. The second kappa shape index (κ2) is 6.36. The Balaban J connectivity index is 1.81. The third-order valence-corrected chi connectivity index (χ3v) is 4.50. The van der Waals surface area contributed by atoms with Crippen LogP contribution in [0.2, 0.25) is 0 Å².